The third-order valence-electron chi connectivity index (χ3n) is 2.86. The van der Waals surface area contributed by atoms with Crippen LogP contribution in [-0.2, 0) is 0 Å². The average Bonchev–Trinajstić information content (AvgIpc) is 2.97. The van der Waals surface area contributed by atoms with E-state index in [2.05, 4.69) is 15.1 Å². The van der Waals surface area contributed by atoms with E-state index in [1.165, 1.54) is 0 Å². The lowest BCUT2D eigenvalue weighted by Gasteiger charge is -2.04. The molecule has 0 saturated heterocycles. The number of rotatable bonds is 3. The molecule has 2 aromatic heterocycles. The smallest absolute Gasteiger partial charge is 0.259 e. The summed E-state index contributed by atoms with van der Waals surface area (Å²) in [5, 5.41) is 4.53. The highest BCUT2D eigenvalue weighted by molar-refractivity contribution is 6.30. The second-order valence-electron chi connectivity index (χ2n) is 4.24. The Labute approximate surface area is 125 Å². The highest BCUT2D eigenvalue weighted by Gasteiger charge is 2.15. The number of hydrogen-bond acceptors (Lipinski definition) is 6. The van der Waals surface area contributed by atoms with Crippen LogP contribution in [0.2, 0.25) is 5.02 Å². The maximum atomic E-state index is 5.93. The summed E-state index contributed by atoms with van der Waals surface area (Å²) >= 11 is 5.93. The molecule has 6 nitrogen and oxygen atoms in total. The van der Waals surface area contributed by atoms with Gasteiger partial charge in [-0.15, -0.1) is 0 Å². The molecule has 0 aliphatic heterocycles. The molecule has 1 aromatic carbocycles. The first-order valence-electron chi connectivity index (χ1n) is 6.07. The zero-order valence-corrected chi connectivity index (χ0v) is 11.8. The zero-order valence-electron chi connectivity index (χ0n) is 11.1. The van der Waals surface area contributed by atoms with Crippen molar-refractivity contribution in [2.24, 2.45) is 0 Å². The monoisotopic (exact) mass is 302 g/mol. The molecule has 0 aliphatic carbocycles. The molecule has 2 heterocycles. The van der Waals surface area contributed by atoms with Gasteiger partial charge in [-0.3, -0.25) is 0 Å². The molecule has 0 aliphatic rings. The molecule has 0 unspecified atom stereocenters. The van der Waals surface area contributed by atoms with Crippen LogP contribution in [0.3, 0.4) is 0 Å². The number of aromatic nitrogens is 3. The minimum absolute atomic E-state index is 0.356. The number of halogens is 1. The van der Waals surface area contributed by atoms with Crippen LogP contribution in [0.1, 0.15) is 0 Å². The second kappa shape index (κ2) is 5.41. The summed E-state index contributed by atoms with van der Waals surface area (Å²) in [6, 6.07) is 8.63. The molecule has 3 aromatic rings. The fourth-order valence-electron chi connectivity index (χ4n) is 1.83. The van der Waals surface area contributed by atoms with Crippen molar-refractivity contribution in [1.29, 1.82) is 0 Å². The molecule has 0 spiro atoms. The first kappa shape index (κ1) is 13.4. The van der Waals surface area contributed by atoms with Gasteiger partial charge in [-0.05, 0) is 30.3 Å². The normalized spacial score (nSPS) is 10.6. The molecular formula is C14H11ClN4O2. The van der Waals surface area contributed by atoms with Crippen LogP contribution in [-0.4, -0.2) is 22.2 Å². The van der Waals surface area contributed by atoms with Gasteiger partial charge in [-0.2, -0.15) is 4.98 Å². The summed E-state index contributed by atoms with van der Waals surface area (Å²) in [7, 11) is 1.56. The van der Waals surface area contributed by atoms with Crippen molar-refractivity contribution in [2.45, 2.75) is 0 Å². The first-order valence-corrected chi connectivity index (χ1v) is 6.44. The van der Waals surface area contributed by atoms with Gasteiger partial charge in [0.15, 0.2) is 0 Å². The molecule has 0 amide bonds. The van der Waals surface area contributed by atoms with Crippen molar-refractivity contribution in [1.82, 2.24) is 15.1 Å². The van der Waals surface area contributed by atoms with Crippen molar-refractivity contribution in [3.63, 3.8) is 0 Å². The Morgan fingerprint density at radius 3 is 2.81 bits per heavy atom. The summed E-state index contributed by atoms with van der Waals surface area (Å²) in [5.74, 6) is 1.77. The van der Waals surface area contributed by atoms with Crippen molar-refractivity contribution in [3.8, 4) is 28.6 Å². The minimum Gasteiger partial charge on any atom is -0.496 e. The Morgan fingerprint density at radius 1 is 1.24 bits per heavy atom. The lowest BCUT2D eigenvalue weighted by Crippen LogP contribution is -1.90. The number of nitrogen functional groups attached to an aromatic ring is 1. The number of nitrogens with two attached hydrogens (primary N) is 1. The molecule has 0 saturated carbocycles. The van der Waals surface area contributed by atoms with Crippen LogP contribution in [0.4, 0.5) is 5.82 Å². The van der Waals surface area contributed by atoms with Gasteiger partial charge < -0.3 is 15.0 Å². The maximum absolute atomic E-state index is 5.93. The van der Waals surface area contributed by atoms with Crippen molar-refractivity contribution < 1.29 is 9.26 Å². The predicted octanol–water partition coefficient (Wildman–Crippen LogP) is 3.04. The van der Waals surface area contributed by atoms with E-state index in [0.29, 0.717) is 39.4 Å². The molecule has 0 radical (unpaired) electrons. The Balaban J connectivity index is 2.00. The molecule has 0 bridgehead atoms. The molecule has 7 heteroatoms. The minimum atomic E-state index is 0.356. The van der Waals surface area contributed by atoms with E-state index in [1.54, 1.807) is 43.6 Å². The summed E-state index contributed by atoms with van der Waals surface area (Å²) in [5.41, 5.74) is 6.93. The average molecular weight is 303 g/mol. The SMILES string of the molecule is COc1cc(Cl)ccc1-c1noc(-c2ccc(N)nc2)n1. The Hall–Kier alpha value is -2.60. The van der Waals surface area contributed by atoms with Crippen molar-refractivity contribution >= 4 is 17.4 Å². The number of nitrogens with zero attached hydrogens (tertiary/aromatic N) is 3. The molecule has 21 heavy (non-hydrogen) atoms. The Bertz CT molecular complexity index is 771. The number of benzene rings is 1. The number of methoxy groups -OCH3 is 1. The first-order chi connectivity index (χ1) is 10.2. The van der Waals surface area contributed by atoms with Gasteiger partial charge >= 0.3 is 0 Å². The van der Waals surface area contributed by atoms with Crippen LogP contribution < -0.4 is 10.5 Å². The van der Waals surface area contributed by atoms with Gasteiger partial charge in [0.25, 0.3) is 5.89 Å². The van der Waals surface area contributed by atoms with Crippen molar-refractivity contribution in [3.05, 3.63) is 41.6 Å². The van der Waals surface area contributed by atoms with E-state index in [-0.39, 0.29) is 0 Å². The number of pyridine rings is 1. The molecule has 106 valence electrons. The molecule has 3 rings (SSSR count). The van der Waals surface area contributed by atoms with E-state index in [0.717, 1.165) is 0 Å². The summed E-state index contributed by atoms with van der Waals surface area (Å²) in [6.07, 6.45) is 1.58. The zero-order chi connectivity index (χ0) is 14.8. The van der Waals surface area contributed by atoms with E-state index in [4.69, 9.17) is 26.6 Å². The van der Waals surface area contributed by atoms with Gasteiger partial charge in [0.1, 0.15) is 11.6 Å². The Kier molecular flexibility index (Phi) is 3.45. The van der Waals surface area contributed by atoms with Gasteiger partial charge in [-0.1, -0.05) is 16.8 Å². The summed E-state index contributed by atoms with van der Waals surface area (Å²) < 4.78 is 10.5. The molecule has 0 fully saturated rings. The fraction of sp³-hybridized carbons (Fsp3) is 0.0714. The summed E-state index contributed by atoms with van der Waals surface area (Å²) in [6.45, 7) is 0. The van der Waals surface area contributed by atoms with Crippen LogP contribution in [0.5, 0.6) is 5.75 Å². The molecular weight excluding hydrogens is 292 g/mol. The van der Waals surface area contributed by atoms with Crippen LogP contribution in [0, 0.1) is 0 Å². The third kappa shape index (κ3) is 2.66. The Morgan fingerprint density at radius 2 is 2.10 bits per heavy atom. The van der Waals surface area contributed by atoms with Crippen LogP contribution in [0.25, 0.3) is 22.8 Å². The number of hydrogen-bond donors (Lipinski definition) is 1. The van der Waals surface area contributed by atoms with Gasteiger partial charge in [0.2, 0.25) is 5.82 Å². The number of anilines is 1. The summed E-state index contributed by atoms with van der Waals surface area (Å²) in [4.78, 5) is 8.33. The predicted molar refractivity (Wildman–Crippen MR) is 78.9 cm³/mol. The second-order valence-corrected chi connectivity index (χ2v) is 4.68. The largest absolute Gasteiger partial charge is 0.496 e. The van der Waals surface area contributed by atoms with Gasteiger partial charge in [0, 0.05) is 11.2 Å². The fourth-order valence-corrected chi connectivity index (χ4v) is 1.99. The highest BCUT2D eigenvalue weighted by Crippen LogP contribution is 2.31. The molecule has 2 N–H and O–H groups in total. The lowest BCUT2D eigenvalue weighted by molar-refractivity contribution is 0.413. The topological polar surface area (TPSA) is 87.1 Å². The van der Waals surface area contributed by atoms with Crippen LogP contribution in [0.15, 0.2) is 41.1 Å². The molecule has 0 atom stereocenters. The van der Waals surface area contributed by atoms with E-state index >= 15 is 0 Å². The van der Waals surface area contributed by atoms with Gasteiger partial charge in [-0.25, -0.2) is 4.98 Å². The highest BCUT2D eigenvalue weighted by atomic mass is 35.5. The quantitative estimate of drug-likeness (QED) is 0.800. The van der Waals surface area contributed by atoms with E-state index in [1.807, 2.05) is 0 Å². The standard InChI is InChI=1S/C14H11ClN4O2/c1-20-11-6-9(15)3-4-10(11)13-18-14(21-19-13)8-2-5-12(16)17-7-8/h2-7H,1H3,(H2,16,17). The lowest BCUT2D eigenvalue weighted by atomic mass is 10.2. The third-order valence-corrected chi connectivity index (χ3v) is 3.10. The maximum Gasteiger partial charge on any atom is 0.259 e. The van der Waals surface area contributed by atoms with E-state index < -0.39 is 0 Å². The van der Waals surface area contributed by atoms with Gasteiger partial charge in [0.05, 0.1) is 18.2 Å². The number of ether oxygens (including phenoxy) is 1. The van der Waals surface area contributed by atoms with Crippen molar-refractivity contribution in [2.75, 3.05) is 12.8 Å². The van der Waals surface area contributed by atoms with Crippen LogP contribution >= 0.6 is 11.6 Å². The van der Waals surface area contributed by atoms with E-state index in [9.17, 15) is 0 Å².